The number of rotatable bonds is 9. The molecule has 0 saturated heterocycles. The van der Waals surface area contributed by atoms with E-state index in [0.29, 0.717) is 29.2 Å². The van der Waals surface area contributed by atoms with Gasteiger partial charge in [0.2, 0.25) is 5.91 Å². The molecule has 0 aliphatic rings. The van der Waals surface area contributed by atoms with E-state index in [0.717, 1.165) is 17.8 Å². The van der Waals surface area contributed by atoms with Crippen molar-refractivity contribution in [1.29, 1.82) is 0 Å². The number of carbonyl (C=O) groups is 2. The Morgan fingerprint density at radius 2 is 1.97 bits per heavy atom. The number of thioether (sulfide) groups is 1. The van der Waals surface area contributed by atoms with E-state index in [4.69, 9.17) is 0 Å². The lowest BCUT2D eigenvalue weighted by Gasteiger charge is -2.15. The minimum Gasteiger partial charge on any atom is -0.342 e. The molecule has 0 spiro atoms. The van der Waals surface area contributed by atoms with Gasteiger partial charge in [-0.1, -0.05) is 36.0 Å². The zero-order valence-electron chi connectivity index (χ0n) is 17.5. The molecule has 0 saturated carbocycles. The van der Waals surface area contributed by atoms with Gasteiger partial charge in [0.25, 0.3) is 5.91 Å². The molecule has 1 atom stereocenters. The van der Waals surface area contributed by atoms with E-state index in [1.165, 1.54) is 0 Å². The van der Waals surface area contributed by atoms with Crippen molar-refractivity contribution in [3.63, 3.8) is 0 Å². The van der Waals surface area contributed by atoms with Crippen molar-refractivity contribution in [1.82, 2.24) is 20.1 Å². The summed E-state index contributed by atoms with van der Waals surface area (Å²) in [7, 11) is 0. The Hall–Kier alpha value is -3.05. The fourth-order valence-electron chi connectivity index (χ4n) is 2.93. The molecule has 0 radical (unpaired) electrons. The predicted molar refractivity (Wildman–Crippen MR) is 126 cm³/mol. The highest BCUT2D eigenvalue weighted by atomic mass is 79.9. The Bertz CT molecular complexity index is 1150. The molecule has 3 aromatic rings. The maximum atomic E-state index is 14.0. The normalized spacial score (nSPS) is 11.6. The summed E-state index contributed by atoms with van der Waals surface area (Å²) < 4.78 is 29.0. The van der Waals surface area contributed by atoms with Crippen LogP contribution >= 0.6 is 27.7 Å². The van der Waals surface area contributed by atoms with Gasteiger partial charge >= 0.3 is 0 Å². The Morgan fingerprint density at radius 1 is 1.24 bits per heavy atom. The summed E-state index contributed by atoms with van der Waals surface area (Å²) in [4.78, 5) is 24.8. The summed E-state index contributed by atoms with van der Waals surface area (Å²) >= 11 is 4.12. The van der Waals surface area contributed by atoms with Gasteiger partial charge in [0.05, 0.1) is 17.5 Å². The van der Waals surface area contributed by atoms with Gasteiger partial charge in [-0.25, -0.2) is 8.78 Å². The standard InChI is InChI=1S/C22H20BrF2N5O2S/c1-3-9-30-20(13(2)26-21(32)14-7-5-4-6-8-14)28-29-22(30)33-12-18(31)27-19-16(23)10-15(24)11-17(19)25/h3-8,10-11,13H,1,9,12H2,2H3,(H,26,32)(H,27,31)/t13-/m0/s1. The van der Waals surface area contributed by atoms with Gasteiger partial charge in [-0.15, -0.1) is 16.8 Å². The topological polar surface area (TPSA) is 88.9 Å². The van der Waals surface area contributed by atoms with Crippen molar-refractivity contribution < 1.29 is 18.4 Å². The first-order valence-electron chi connectivity index (χ1n) is 9.77. The Kier molecular flexibility index (Phi) is 8.34. The monoisotopic (exact) mass is 535 g/mol. The largest absolute Gasteiger partial charge is 0.342 e. The number of nitrogens with one attached hydrogen (secondary N) is 2. The van der Waals surface area contributed by atoms with Gasteiger partial charge in [0.1, 0.15) is 5.82 Å². The van der Waals surface area contributed by atoms with Gasteiger partial charge in [0.15, 0.2) is 16.8 Å². The second-order valence-electron chi connectivity index (χ2n) is 6.88. The summed E-state index contributed by atoms with van der Waals surface area (Å²) in [5, 5.41) is 14.0. The van der Waals surface area contributed by atoms with Crippen LogP contribution in [0.4, 0.5) is 14.5 Å². The van der Waals surface area contributed by atoms with Crippen LogP contribution < -0.4 is 10.6 Å². The minimum absolute atomic E-state index is 0.0940. The van der Waals surface area contributed by atoms with Crippen molar-refractivity contribution in [2.75, 3.05) is 11.1 Å². The molecule has 0 aliphatic carbocycles. The lowest BCUT2D eigenvalue weighted by atomic mass is 10.2. The first-order valence-corrected chi connectivity index (χ1v) is 11.5. The van der Waals surface area contributed by atoms with Crippen LogP contribution in [0.15, 0.2) is 64.7 Å². The molecule has 7 nitrogen and oxygen atoms in total. The van der Waals surface area contributed by atoms with Crippen LogP contribution in [0.3, 0.4) is 0 Å². The van der Waals surface area contributed by atoms with Gasteiger partial charge in [0, 0.05) is 22.6 Å². The van der Waals surface area contributed by atoms with Crippen LogP contribution in [0, 0.1) is 11.6 Å². The third kappa shape index (κ3) is 6.26. The van der Waals surface area contributed by atoms with Crippen LogP contribution in [0.1, 0.15) is 29.1 Å². The maximum Gasteiger partial charge on any atom is 0.251 e. The van der Waals surface area contributed by atoms with Crippen molar-refractivity contribution in [3.05, 3.63) is 82.6 Å². The lowest BCUT2D eigenvalue weighted by Crippen LogP contribution is -2.28. The third-order valence-corrected chi connectivity index (χ3v) is 6.02. The van der Waals surface area contributed by atoms with Crippen LogP contribution in [0.25, 0.3) is 0 Å². The van der Waals surface area contributed by atoms with Gasteiger partial charge in [-0.2, -0.15) is 0 Å². The summed E-state index contributed by atoms with van der Waals surface area (Å²) in [5.41, 5.74) is 0.372. The molecule has 0 aliphatic heterocycles. The van der Waals surface area contributed by atoms with Crippen molar-refractivity contribution >= 4 is 45.2 Å². The highest BCUT2D eigenvalue weighted by Crippen LogP contribution is 2.27. The van der Waals surface area contributed by atoms with Crippen molar-refractivity contribution in [3.8, 4) is 0 Å². The fourth-order valence-corrected chi connectivity index (χ4v) is 4.19. The molecule has 0 bridgehead atoms. The van der Waals surface area contributed by atoms with E-state index in [9.17, 15) is 18.4 Å². The van der Waals surface area contributed by atoms with E-state index < -0.39 is 23.6 Å². The molecule has 2 aromatic carbocycles. The lowest BCUT2D eigenvalue weighted by molar-refractivity contribution is -0.113. The third-order valence-electron chi connectivity index (χ3n) is 4.43. The molecule has 0 unspecified atom stereocenters. The second-order valence-corrected chi connectivity index (χ2v) is 8.68. The van der Waals surface area contributed by atoms with E-state index in [2.05, 4.69) is 43.3 Å². The number of halogens is 3. The molecular weight excluding hydrogens is 516 g/mol. The molecule has 2 amide bonds. The number of nitrogens with zero attached hydrogens (tertiary/aromatic N) is 3. The number of aromatic nitrogens is 3. The average molecular weight is 536 g/mol. The Balaban J connectivity index is 1.68. The molecular formula is C22H20BrF2N5O2S. The molecule has 1 heterocycles. The number of allylic oxidation sites excluding steroid dienone is 1. The zero-order chi connectivity index (χ0) is 24.0. The first-order chi connectivity index (χ1) is 15.8. The molecule has 0 fully saturated rings. The number of anilines is 1. The number of amides is 2. The smallest absolute Gasteiger partial charge is 0.251 e. The van der Waals surface area contributed by atoms with Crippen molar-refractivity contribution in [2.45, 2.75) is 24.7 Å². The summed E-state index contributed by atoms with van der Waals surface area (Å²) in [6.07, 6.45) is 1.65. The molecule has 11 heteroatoms. The Labute approximate surface area is 201 Å². The molecule has 33 heavy (non-hydrogen) atoms. The molecule has 2 N–H and O–H groups in total. The highest BCUT2D eigenvalue weighted by molar-refractivity contribution is 9.10. The van der Waals surface area contributed by atoms with Gasteiger partial charge in [-0.3, -0.25) is 9.59 Å². The summed E-state index contributed by atoms with van der Waals surface area (Å²) in [5.74, 6) is -2.01. The molecule has 3 rings (SSSR count). The van der Waals surface area contributed by atoms with E-state index in [-0.39, 0.29) is 21.8 Å². The van der Waals surface area contributed by atoms with Crippen LogP contribution in [0.2, 0.25) is 0 Å². The minimum atomic E-state index is -0.889. The maximum absolute atomic E-state index is 14.0. The Morgan fingerprint density at radius 3 is 2.64 bits per heavy atom. The predicted octanol–water partition coefficient (Wildman–Crippen LogP) is 4.73. The average Bonchev–Trinajstić information content (AvgIpc) is 3.18. The molecule has 172 valence electrons. The zero-order valence-corrected chi connectivity index (χ0v) is 19.9. The van der Waals surface area contributed by atoms with Gasteiger partial charge < -0.3 is 15.2 Å². The second kappa shape index (κ2) is 11.2. The highest BCUT2D eigenvalue weighted by Gasteiger charge is 2.21. The van der Waals surface area contributed by atoms with E-state index in [1.807, 2.05) is 6.07 Å². The number of benzene rings is 2. The number of hydrogen-bond acceptors (Lipinski definition) is 5. The summed E-state index contributed by atoms with van der Waals surface area (Å²) in [6.45, 7) is 5.87. The van der Waals surface area contributed by atoms with Crippen LogP contribution in [0.5, 0.6) is 0 Å². The van der Waals surface area contributed by atoms with Crippen LogP contribution in [-0.2, 0) is 11.3 Å². The quantitative estimate of drug-likeness (QED) is 0.305. The number of hydrogen-bond donors (Lipinski definition) is 2. The van der Waals surface area contributed by atoms with E-state index >= 15 is 0 Å². The molecule has 1 aromatic heterocycles. The fraction of sp³-hybridized carbons (Fsp3) is 0.182. The summed E-state index contributed by atoms with van der Waals surface area (Å²) in [6, 6.07) is 10.1. The van der Waals surface area contributed by atoms with Gasteiger partial charge in [-0.05, 0) is 41.1 Å². The SMILES string of the molecule is C=CCn1c(SCC(=O)Nc2c(F)cc(F)cc2Br)nnc1[C@H](C)NC(=O)c1ccccc1. The number of carbonyl (C=O) groups excluding carboxylic acids is 2. The van der Waals surface area contributed by atoms with Crippen molar-refractivity contribution in [2.24, 2.45) is 0 Å². The van der Waals surface area contributed by atoms with Crippen LogP contribution in [-0.4, -0.2) is 32.3 Å². The first kappa shape index (κ1) is 24.6. The van der Waals surface area contributed by atoms with E-state index in [1.54, 1.807) is 41.8 Å².